The molecule has 0 aromatic heterocycles. The molecule has 0 saturated carbocycles. The van der Waals surface area contributed by atoms with E-state index in [1.165, 1.54) is 18.2 Å². The van der Waals surface area contributed by atoms with E-state index in [9.17, 15) is 23.1 Å². The minimum absolute atomic E-state index is 0.0143. The first-order valence-corrected chi connectivity index (χ1v) is 7.56. The molecule has 0 atom stereocenters. The molecule has 128 valence electrons. The third-order valence-corrected chi connectivity index (χ3v) is 3.84. The van der Waals surface area contributed by atoms with E-state index in [4.69, 9.17) is 23.2 Å². The van der Waals surface area contributed by atoms with Crippen LogP contribution in [0.4, 0.5) is 18.9 Å². The van der Waals surface area contributed by atoms with Crippen LogP contribution in [0.2, 0.25) is 10.0 Å². The Balaban J connectivity index is 2.01. The summed E-state index contributed by atoms with van der Waals surface area (Å²) in [5, 5.41) is 11.4. The number of carbonyl (C=O) groups excluding carboxylic acids is 1. The van der Waals surface area contributed by atoms with Gasteiger partial charge in [-0.05, 0) is 42.3 Å². The van der Waals surface area contributed by atoms with Crippen molar-refractivity contribution in [2.45, 2.75) is 19.0 Å². The second-order valence-corrected chi connectivity index (χ2v) is 5.84. The molecule has 1 amide bonds. The van der Waals surface area contributed by atoms with Crippen LogP contribution < -0.4 is 5.32 Å². The van der Waals surface area contributed by atoms with Crippen LogP contribution in [0.15, 0.2) is 36.4 Å². The highest BCUT2D eigenvalue weighted by atomic mass is 35.5. The maximum Gasteiger partial charge on any atom is 0.417 e. The summed E-state index contributed by atoms with van der Waals surface area (Å²) in [5.74, 6) is -0.514. The molecule has 0 bridgehead atoms. The van der Waals surface area contributed by atoms with Gasteiger partial charge in [0.1, 0.15) is 5.75 Å². The first-order valence-electron chi connectivity index (χ1n) is 6.81. The van der Waals surface area contributed by atoms with E-state index < -0.39 is 22.7 Å². The average molecular weight is 378 g/mol. The van der Waals surface area contributed by atoms with Gasteiger partial charge in [-0.25, -0.2) is 0 Å². The van der Waals surface area contributed by atoms with Crippen LogP contribution in [0.5, 0.6) is 5.75 Å². The molecule has 2 aromatic carbocycles. The van der Waals surface area contributed by atoms with Crippen LogP contribution in [0.3, 0.4) is 0 Å². The lowest BCUT2D eigenvalue weighted by Crippen LogP contribution is -2.14. The van der Waals surface area contributed by atoms with Crippen LogP contribution in [-0.2, 0) is 17.4 Å². The van der Waals surface area contributed by atoms with Crippen molar-refractivity contribution >= 4 is 34.8 Å². The van der Waals surface area contributed by atoms with Crippen molar-refractivity contribution in [3.05, 3.63) is 57.6 Å². The third-order valence-electron chi connectivity index (χ3n) is 3.21. The van der Waals surface area contributed by atoms with E-state index in [0.717, 1.165) is 17.7 Å². The number of aromatic hydroxyl groups is 1. The lowest BCUT2D eigenvalue weighted by atomic mass is 10.1. The third kappa shape index (κ3) is 4.79. The van der Waals surface area contributed by atoms with Gasteiger partial charge in [-0.2, -0.15) is 13.2 Å². The Kier molecular flexibility index (Phi) is 5.62. The minimum atomic E-state index is -4.60. The van der Waals surface area contributed by atoms with Crippen molar-refractivity contribution in [3.8, 4) is 5.75 Å². The summed E-state index contributed by atoms with van der Waals surface area (Å²) in [4.78, 5) is 11.9. The van der Waals surface area contributed by atoms with Crippen molar-refractivity contribution in [2.24, 2.45) is 0 Å². The van der Waals surface area contributed by atoms with E-state index in [1.807, 2.05) is 0 Å². The minimum Gasteiger partial charge on any atom is -0.506 e. The van der Waals surface area contributed by atoms with Gasteiger partial charge in [0.2, 0.25) is 5.91 Å². The zero-order chi connectivity index (χ0) is 17.9. The number of alkyl halides is 3. The second-order valence-electron chi connectivity index (χ2n) is 5.03. The molecule has 2 N–H and O–H groups in total. The zero-order valence-corrected chi connectivity index (χ0v) is 13.6. The predicted molar refractivity (Wildman–Crippen MR) is 86.5 cm³/mol. The van der Waals surface area contributed by atoms with Crippen molar-refractivity contribution in [2.75, 3.05) is 5.32 Å². The molecule has 2 rings (SSSR count). The zero-order valence-electron chi connectivity index (χ0n) is 12.1. The Morgan fingerprint density at radius 1 is 1.08 bits per heavy atom. The lowest BCUT2D eigenvalue weighted by Gasteiger charge is -2.12. The number of hydrogen-bond acceptors (Lipinski definition) is 2. The van der Waals surface area contributed by atoms with E-state index in [-0.39, 0.29) is 22.9 Å². The molecule has 8 heteroatoms. The SMILES string of the molecule is O=C(CCc1ccc(O)c(Cl)c1)Nc1ccc(Cl)c(C(F)(F)F)c1. The van der Waals surface area contributed by atoms with E-state index >= 15 is 0 Å². The number of nitrogens with one attached hydrogen (secondary N) is 1. The number of hydrogen-bond donors (Lipinski definition) is 2. The van der Waals surface area contributed by atoms with Gasteiger partial charge in [0.15, 0.2) is 0 Å². The first kappa shape index (κ1) is 18.4. The smallest absolute Gasteiger partial charge is 0.417 e. The largest absolute Gasteiger partial charge is 0.506 e. The van der Waals surface area contributed by atoms with Crippen LogP contribution in [0.1, 0.15) is 17.5 Å². The van der Waals surface area contributed by atoms with E-state index in [2.05, 4.69) is 5.32 Å². The molecular weight excluding hydrogens is 366 g/mol. The van der Waals surface area contributed by atoms with Gasteiger partial charge in [-0.3, -0.25) is 4.79 Å². The number of aryl methyl sites for hydroxylation is 1. The molecular formula is C16H12Cl2F3NO2. The number of halogens is 5. The molecule has 0 saturated heterocycles. The van der Waals surface area contributed by atoms with Crippen molar-refractivity contribution < 1.29 is 23.1 Å². The highest BCUT2D eigenvalue weighted by Crippen LogP contribution is 2.36. The maximum atomic E-state index is 12.8. The molecule has 0 unspecified atom stereocenters. The summed E-state index contributed by atoms with van der Waals surface area (Å²) in [7, 11) is 0. The van der Waals surface area contributed by atoms with Crippen LogP contribution in [-0.4, -0.2) is 11.0 Å². The van der Waals surface area contributed by atoms with E-state index in [0.29, 0.717) is 6.42 Å². The fourth-order valence-corrected chi connectivity index (χ4v) is 2.44. The number of anilines is 1. The van der Waals surface area contributed by atoms with Gasteiger partial charge >= 0.3 is 6.18 Å². The second kappa shape index (κ2) is 7.32. The van der Waals surface area contributed by atoms with Gasteiger partial charge in [0.05, 0.1) is 15.6 Å². The highest BCUT2D eigenvalue weighted by Gasteiger charge is 2.33. The molecule has 0 aliphatic carbocycles. The Labute approximate surface area is 146 Å². The first-order chi connectivity index (χ1) is 11.2. The summed E-state index contributed by atoms with van der Waals surface area (Å²) >= 11 is 11.3. The normalized spacial score (nSPS) is 11.4. The fourth-order valence-electron chi connectivity index (χ4n) is 2.01. The Morgan fingerprint density at radius 3 is 2.42 bits per heavy atom. The summed E-state index contributed by atoms with van der Waals surface area (Å²) in [6, 6.07) is 7.71. The summed E-state index contributed by atoms with van der Waals surface area (Å²) in [5.41, 5.74) is -0.271. The van der Waals surface area contributed by atoms with Crippen molar-refractivity contribution in [1.82, 2.24) is 0 Å². The van der Waals surface area contributed by atoms with Gasteiger partial charge in [-0.1, -0.05) is 29.3 Å². The Bertz CT molecular complexity index is 763. The number of phenols is 1. The molecule has 0 spiro atoms. The van der Waals surface area contributed by atoms with Gasteiger partial charge in [-0.15, -0.1) is 0 Å². The van der Waals surface area contributed by atoms with E-state index in [1.54, 1.807) is 6.07 Å². The predicted octanol–water partition coefficient (Wildman–Crippen LogP) is 5.29. The molecule has 2 aromatic rings. The quantitative estimate of drug-likeness (QED) is 0.760. The van der Waals surface area contributed by atoms with Gasteiger partial charge in [0, 0.05) is 12.1 Å². The average Bonchev–Trinajstić information content (AvgIpc) is 2.49. The molecule has 0 fully saturated rings. The summed E-state index contributed by atoms with van der Waals surface area (Å²) in [6.45, 7) is 0. The van der Waals surface area contributed by atoms with Crippen molar-refractivity contribution in [1.29, 1.82) is 0 Å². The molecule has 0 aliphatic heterocycles. The monoisotopic (exact) mass is 377 g/mol. The number of benzene rings is 2. The van der Waals surface area contributed by atoms with Crippen LogP contribution in [0.25, 0.3) is 0 Å². The molecule has 0 radical (unpaired) electrons. The molecule has 0 aliphatic rings. The number of amides is 1. The maximum absolute atomic E-state index is 12.8. The Hall–Kier alpha value is -1.92. The summed E-state index contributed by atoms with van der Waals surface area (Å²) < 4.78 is 38.3. The number of carbonyl (C=O) groups is 1. The topological polar surface area (TPSA) is 49.3 Å². The lowest BCUT2D eigenvalue weighted by molar-refractivity contribution is -0.137. The van der Waals surface area contributed by atoms with Crippen LogP contribution in [0, 0.1) is 0 Å². The number of phenolic OH excluding ortho intramolecular Hbond substituents is 1. The summed E-state index contributed by atoms with van der Waals surface area (Å²) in [6.07, 6.45) is -4.22. The molecule has 24 heavy (non-hydrogen) atoms. The van der Waals surface area contributed by atoms with Crippen molar-refractivity contribution in [3.63, 3.8) is 0 Å². The fraction of sp³-hybridized carbons (Fsp3) is 0.188. The highest BCUT2D eigenvalue weighted by molar-refractivity contribution is 6.32. The number of rotatable bonds is 4. The molecule has 3 nitrogen and oxygen atoms in total. The molecule has 0 heterocycles. The standard InChI is InChI=1S/C16H12Cl2F3NO2/c17-12-4-3-10(8-11(12)16(19,20)21)22-15(24)6-2-9-1-5-14(23)13(18)7-9/h1,3-5,7-8,23H,2,6H2,(H,22,24). The van der Waals surface area contributed by atoms with Crippen LogP contribution >= 0.6 is 23.2 Å². The van der Waals surface area contributed by atoms with Gasteiger partial charge in [0.25, 0.3) is 0 Å². The van der Waals surface area contributed by atoms with Gasteiger partial charge < -0.3 is 10.4 Å². The Morgan fingerprint density at radius 2 is 1.79 bits per heavy atom.